The number of rotatable bonds is 10. The molecule has 2 saturated heterocycles. The van der Waals surface area contributed by atoms with Crippen molar-refractivity contribution < 1.29 is 35.0 Å². The summed E-state index contributed by atoms with van der Waals surface area (Å²) in [5.74, 6) is 0. The first-order valence-electron chi connectivity index (χ1n) is 12.2. The van der Waals surface area contributed by atoms with Crippen LogP contribution in [-0.2, 0) is 36.7 Å². The van der Waals surface area contributed by atoms with Crippen LogP contribution in [0, 0.1) is 0 Å². The molecule has 2 rings (SSSR count). The third-order valence-corrected chi connectivity index (χ3v) is 17.8. The predicted octanol–water partition coefficient (Wildman–Crippen LogP) is 4.48. The average molecular weight is 527 g/mol. The molecule has 0 radical (unpaired) electrons. The molecule has 11 heteroatoms. The molecule has 0 bridgehead atoms. The summed E-state index contributed by atoms with van der Waals surface area (Å²) in [5, 5.41) is 0. The topological polar surface area (TPSA) is 89.5 Å². The van der Waals surface area contributed by atoms with E-state index in [0.717, 1.165) is 6.26 Å². The van der Waals surface area contributed by atoms with Gasteiger partial charge in [-0.2, -0.15) is 8.42 Å². The van der Waals surface area contributed by atoms with Crippen LogP contribution in [0.2, 0.25) is 22.2 Å². The van der Waals surface area contributed by atoms with Crippen LogP contribution in [0.15, 0.2) is 0 Å². The lowest BCUT2D eigenvalue weighted by molar-refractivity contribution is -0.0405. The zero-order valence-corrected chi connectivity index (χ0v) is 24.9. The van der Waals surface area contributed by atoms with Gasteiger partial charge in [-0.05, 0) is 35.0 Å². The summed E-state index contributed by atoms with van der Waals surface area (Å²) in [4.78, 5) is 0. The van der Waals surface area contributed by atoms with E-state index in [-0.39, 0.29) is 53.2 Å². The van der Waals surface area contributed by atoms with Crippen LogP contribution in [0.5, 0.6) is 0 Å². The summed E-state index contributed by atoms with van der Waals surface area (Å²) >= 11 is 0. The number of ether oxygens (including phenoxy) is 2. The second-order valence-electron chi connectivity index (χ2n) is 10.6. The molecule has 0 aliphatic carbocycles. The molecular formula is C22H46O8SSi2. The number of methoxy groups -OCH3 is 1. The van der Waals surface area contributed by atoms with Crippen molar-refractivity contribution in [1.29, 1.82) is 0 Å². The molecule has 0 aromatic carbocycles. The van der Waals surface area contributed by atoms with Crippen LogP contribution in [0.25, 0.3) is 0 Å². The highest BCUT2D eigenvalue weighted by Gasteiger charge is 2.61. The highest BCUT2D eigenvalue weighted by molar-refractivity contribution is 7.85. The minimum atomic E-state index is -3.46. The molecule has 2 fully saturated rings. The van der Waals surface area contributed by atoms with Crippen molar-refractivity contribution in [2.75, 3.05) is 26.6 Å². The van der Waals surface area contributed by atoms with Gasteiger partial charge in [-0.1, -0.05) is 55.4 Å². The van der Waals surface area contributed by atoms with Gasteiger partial charge in [0, 0.05) is 7.11 Å². The fraction of sp³-hybridized carbons (Fsp3) is 1.00. The molecule has 2 heterocycles. The molecule has 0 unspecified atom stereocenters. The SMILES string of the molecule is CO[C@@H]1[C@@H]2O[Si](C(C)C)(C(C)C)O[Si](C(C)C)(C(C)C)OC[C@H]2O[C@@H]1CCCOS(C)(=O)=O. The average Bonchev–Trinajstić information content (AvgIpc) is 2.99. The van der Waals surface area contributed by atoms with Gasteiger partial charge in [0.1, 0.15) is 18.3 Å². The Bertz CT molecular complexity index is 712. The van der Waals surface area contributed by atoms with Crippen LogP contribution in [0.4, 0.5) is 0 Å². The molecule has 0 N–H and O–H groups in total. The number of hydrogen-bond acceptors (Lipinski definition) is 8. The summed E-state index contributed by atoms with van der Waals surface area (Å²) < 4.78 is 60.9. The maximum Gasteiger partial charge on any atom is 0.335 e. The molecular weight excluding hydrogens is 480 g/mol. The van der Waals surface area contributed by atoms with E-state index in [1.165, 1.54) is 0 Å². The van der Waals surface area contributed by atoms with E-state index < -0.39 is 27.2 Å². The van der Waals surface area contributed by atoms with Crippen molar-refractivity contribution >= 4 is 27.2 Å². The van der Waals surface area contributed by atoms with E-state index in [0.29, 0.717) is 19.4 Å². The predicted molar refractivity (Wildman–Crippen MR) is 133 cm³/mol. The Labute approximate surface area is 203 Å². The zero-order valence-electron chi connectivity index (χ0n) is 22.1. The van der Waals surface area contributed by atoms with Crippen LogP contribution >= 0.6 is 0 Å². The van der Waals surface area contributed by atoms with Crippen molar-refractivity contribution in [3.05, 3.63) is 0 Å². The first-order valence-corrected chi connectivity index (χ1v) is 18.0. The smallest absolute Gasteiger partial charge is 0.335 e. The monoisotopic (exact) mass is 526 g/mol. The quantitative estimate of drug-likeness (QED) is 0.234. The molecule has 0 saturated carbocycles. The highest BCUT2D eigenvalue weighted by Crippen LogP contribution is 2.48. The summed E-state index contributed by atoms with van der Waals surface area (Å²) in [7, 11) is -7.14. The summed E-state index contributed by atoms with van der Waals surface area (Å²) in [6, 6.07) is 0. The fourth-order valence-electron chi connectivity index (χ4n) is 5.23. The maximum atomic E-state index is 11.3. The normalized spacial score (nSPS) is 30.1. The Morgan fingerprint density at radius 1 is 0.939 bits per heavy atom. The van der Waals surface area contributed by atoms with Crippen molar-refractivity contribution in [2.24, 2.45) is 0 Å². The lowest BCUT2D eigenvalue weighted by atomic mass is 10.0. The first kappa shape index (κ1) is 29.4. The van der Waals surface area contributed by atoms with Gasteiger partial charge < -0.3 is 22.4 Å². The minimum Gasteiger partial charge on any atom is -0.414 e. The standard InChI is InChI=1S/C22H46O8SSi2/c1-15(2)32(16(3)4)27-14-20-22(29-33(30-32,17(5)6)18(7)8)21(25-9)19(28-20)12-11-13-26-31(10,23)24/h15-22H,11-14H2,1-10H3/t19-,20-,21+,22-/m1/s1. The Morgan fingerprint density at radius 3 is 1.94 bits per heavy atom. The van der Waals surface area contributed by atoms with Gasteiger partial charge in [-0.3, -0.25) is 4.18 Å². The third kappa shape index (κ3) is 6.48. The van der Waals surface area contributed by atoms with Gasteiger partial charge in [0.05, 0.1) is 25.6 Å². The van der Waals surface area contributed by atoms with Crippen molar-refractivity contribution in [3.63, 3.8) is 0 Å². The number of fused-ring (bicyclic) bond motifs is 1. The van der Waals surface area contributed by atoms with E-state index >= 15 is 0 Å². The van der Waals surface area contributed by atoms with E-state index in [2.05, 4.69) is 55.4 Å². The largest absolute Gasteiger partial charge is 0.414 e. The van der Waals surface area contributed by atoms with E-state index in [1.807, 2.05) is 0 Å². The Balaban J connectivity index is 2.36. The molecule has 2 aliphatic rings. The van der Waals surface area contributed by atoms with Crippen LogP contribution in [-0.4, -0.2) is 76.5 Å². The van der Waals surface area contributed by atoms with Crippen molar-refractivity contribution in [3.8, 4) is 0 Å². The van der Waals surface area contributed by atoms with Crippen LogP contribution < -0.4 is 0 Å². The maximum absolute atomic E-state index is 11.3. The van der Waals surface area contributed by atoms with E-state index in [1.54, 1.807) is 7.11 Å². The summed E-state index contributed by atoms with van der Waals surface area (Å²) in [6.45, 7) is 18.1. The Hall–Kier alpha value is 0.144. The molecule has 0 spiro atoms. The lowest BCUT2D eigenvalue weighted by Gasteiger charge is -2.51. The van der Waals surface area contributed by atoms with Gasteiger partial charge in [0.2, 0.25) is 0 Å². The van der Waals surface area contributed by atoms with Gasteiger partial charge in [-0.25, -0.2) is 0 Å². The second kappa shape index (κ2) is 11.5. The molecule has 8 nitrogen and oxygen atoms in total. The first-order chi connectivity index (χ1) is 15.2. The highest BCUT2D eigenvalue weighted by atomic mass is 32.2. The van der Waals surface area contributed by atoms with Gasteiger partial charge in [-0.15, -0.1) is 0 Å². The lowest BCUT2D eigenvalue weighted by Crippen LogP contribution is -2.66. The molecule has 0 amide bonds. The second-order valence-corrected chi connectivity index (χ2v) is 21.1. The van der Waals surface area contributed by atoms with E-state index in [9.17, 15) is 8.42 Å². The molecule has 2 aliphatic heterocycles. The zero-order chi connectivity index (χ0) is 25.2. The minimum absolute atomic E-state index is 0.123. The molecule has 0 aromatic rings. The molecule has 196 valence electrons. The van der Waals surface area contributed by atoms with Gasteiger partial charge in [0.25, 0.3) is 10.1 Å². The van der Waals surface area contributed by atoms with Crippen LogP contribution in [0.3, 0.4) is 0 Å². The van der Waals surface area contributed by atoms with Gasteiger partial charge >= 0.3 is 17.1 Å². The number of hydrogen-bond donors (Lipinski definition) is 0. The molecule has 33 heavy (non-hydrogen) atoms. The Morgan fingerprint density at radius 2 is 1.48 bits per heavy atom. The van der Waals surface area contributed by atoms with Gasteiger partial charge in [0.15, 0.2) is 0 Å². The van der Waals surface area contributed by atoms with Crippen molar-refractivity contribution in [2.45, 2.75) is 115 Å². The molecule has 0 aromatic heterocycles. The summed E-state index contributed by atoms with van der Waals surface area (Å²) in [6.07, 6.45) is 1.16. The van der Waals surface area contributed by atoms with E-state index in [4.69, 9.17) is 26.6 Å². The van der Waals surface area contributed by atoms with Crippen molar-refractivity contribution in [1.82, 2.24) is 0 Å². The third-order valence-electron chi connectivity index (χ3n) is 6.94. The van der Waals surface area contributed by atoms with Crippen LogP contribution in [0.1, 0.15) is 68.2 Å². The molecule has 4 atom stereocenters. The fourth-order valence-corrected chi connectivity index (χ4v) is 16.9. The summed E-state index contributed by atoms with van der Waals surface area (Å²) in [5.41, 5.74) is 0.990. The Kier molecular flexibility index (Phi) is 10.2.